The number of aromatic nitrogens is 2. The molecular weight excluding hydrogens is 384 g/mol. The van der Waals surface area contributed by atoms with E-state index < -0.39 is 5.97 Å². The van der Waals surface area contributed by atoms with E-state index in [1.54, 1.807) is 6.07 Å². The number of H-pyrrole nitrogens is 1. The highest BCUT2D eigenvalue weighted by Gasteiger charge is 2.01. The SMILES string of the molecule is CSc1nc(CCCCCCCC/C=C\CCCCCCCC(=O)O)cc(=O)[nH]1. The molecule has 1 heterocycles. The van der Waals surface area contributed by atoms with E-state index in [2.05, 4.69) is 22.1 Å². The largest absolute Gasteiger partial charge is 0.481 e. The summed E-state index contributed by atoms with van der Waals surface area (Å²) in [4.78, 5) is 29.1. The van der Waals surface area contributed by atoms with Crippen LogP contribution in [0.2, 0.25) is 0 Å². The maximum Gasteiger partial charge on any atom is 0.303 e. The molecule has 1 rings (SSSR count). The van der Waals surface area contributed by atoms with E-state index in [1.165, 1.54) is 63.1 Å². The molecule has 1 aromatic rings. The van der Waals surface area contributed by atoms with Gasteiger partial charge in [-0.3, -0.25) is 9.59 Å². The summed E-state index contributed by atoms with van der Waals surface area (Å²) in [7, 11) is 0. The number of carbonyl (C=O) groups is 1. The van der Waals surface area contributed by atoms with Gasteiger partial charge in [-0.25, -0.2) is 4.98 Å². The number of aliphatic carboxylic acids is 1. The smallest absolute Gasteiger partial charge is 0.303 e. The van der Waals surface area contributed by atoms with Crippen LogP contribution in [0.4, 0.5) is 0 Å². The first kappa shape index (κ1) is 25.5. The van der Waals surface area contributed by atoms with Crippen molar-refractivity contribution in [3.8, 4) is 0 Å². The molecule has 0 spiro atoms. The highest BCUT2D eigenvalue weighted by molar-refractivity contribution is 7.98. The van der Waals surface area contributed by atoms with Gasteiger partial charge in [-0.1, -0.05) is 68.9 Å². The van der Waals surface area contributed by atoms with Crippen molar-refractivity contribution in [3.63, 3.8) is 0 Å². The molecule has 2 N–H and O–H groups in total. The quantitative estimate of drug-likeness (QED) is 0.129. The fourth-order valence-corrected chi connectivity index (χ4v) is 3.70. The van der Waals surface area contributed by atoms with Crippen molar-refractivity contribution < 1.29 is 9.90 Å². The van der Waals surface area contributed by atoms with Gasteiger partial charge in [-0.2, -0.15) is 0 Å². The summed E-state index contributed by atoms with van der Waals surface area (Å²) >= 11 is 1.47. The third-order valence-electron chi connectivity index (χ3n) is 4.95. The molecular formula is C23H38N2O3S. The first-order valence-electron chi connectivity index (χ1n) is 11.1. The van der Waals surface area contributed by atoms with Gasteiger partial charge in [0.25, 0.3) is 5.56 Å². The molecule has 6 heteroatoms. The third-order valence-corrected chi connectivity index (χ3v) is 5.53. The van der Waals surface area contributed by atoms with Crippen molar-refractivity contribution in [2.75, 3.05) is 6.26 Å². The summed E-state index contributed by atoms with van der Waals surface area (Å²) in [5.74, 6) is -0.681. The van der Waals surface area contributed by atoms with Gasteiger partial charge < -0.3 is 10.1 Å². The van der Waals surface area contributed by atoms with Crippen LogP contribution in [-0.4, -0.2) is 27.3 Å². The van der Waals surface area contributed by atoms with Gasteiger partial charge in [-0.15, -0.1) is 0 Å². The number of carboxylic acid groups (broad SMARTS) is 1. The van der Waals surface area contributed by atoms with Gasteiger partial charge in [0.1, 0.15) is 0 Å². The van der Waals surface area contributed by atoms with Gasteiger partial charge in [0.05, 0.1) is 0 Å². The molecule has 0 aliphatic carbocycles. The lowest BCUT2D eigenvalue weighted by molar-refractivity contribution is -0.137. The predicted molar refractivity (Wildman–Crippen MR) is 122 cm³/mol. The van der Waals surface area contributed by atoms with Crippen molar-refractivity contribution in [2.24, 2.45) is 0 Å². The fraction of sp³-hybridized carbons (Fsp3) is 0.696. The molecule has 29 heavy (non-hydrogen) atoms. The molecule has 5 nitrogen and oxygen atoms in total. The first-order valence-corrected chi connectivity index (χ1v) is 12.4. The Labute approximate surface area is 179 Å². The summed E-state index contributed by atoms with van der Waals surface area (Å²) in [6.07, 6.45) is 22.8. The Bertz CT molecular complexity index is 643. The Morgan fingerprint density at radius 3 is 2.10 bits per heavy atom. The van der Waals surface area contributed by atoms with Gasteiger partial charge in [0, 0.05) is 18.2 Å². The summed E-state index contributed by atoms with van der Waals surface area (Å²) in [5.41, 5.74) is 0.853. The van der Waals surface area contributed by atoms with Crippen LogP contribution < -0.4 is 5.56 Å². The van der Waals surface area contributed by atoms with Crippen LogP contribution in [-0.2, 0) is 11.2 Å². The first-order chi connectivity index (χ1) is 14.1. The number of carboxylic acids is 1. The lowest BCUT2D eigenvalue weighted by Crippen LogP contribution is -2.09. The standard InChI is InChI=1S/C23H38N2O3S/c1-29-23-24-20(19-21(26)25-23)17-15-13-11-9-7-5-3-2-4-6-8-10-12-14-16-18-22(27)28/h2,4,19H,3,5-18H2,1H3,(H,27,28)(H,24,25,26)/b4-2-. The molecule has 0 saturated carbocycles. The van der Waals surface area contributed by atoms with E-state index in [1.807, 2.05) is 6.26 Å². The van der Waals surface area contributed by atoms with E-state index in [-0.39, 0.29) is 5.56 Å². The van der Waals surface area contributed by atoms with Crippen LogP contribution in [0, 0.1) is 0 Å². The van der Waals surface area contributed by atoms with E-state index in [0.717, 1.165) is 44.2 Å². The summed E-state index contributed by atoms with van der Waals surface area (Å²) < 4.78 is 0. The number of allylic oxidation sites excluding steroid dienone is 2. The minimum absolute atomic E-state index is 0.0526. The Balaban J connectivity index is 1.87. The Morgan fingerprint density at radius 1 is 0.966 bits per heavy atom. The monoisotopic (exact) mass is 422 g/mol. The van der Waals surface area contributed by atoms with Gasteiger partial charge in [0.15, 0.2) is 5.16 Å². The maximum atomic E-state index is 11.5. The van der Waals surface area contributed by atoms with Crippen LogP contribution in [0.1, 0.15) is 95.6 Å². The van der Waals surface area contributed by atoms with Crippen molar-refractivity contribution in [1.82, 2.24) is 9.97 Å². The number of hydrogen-bond acceptors (Lipinski definition) is 4. The molecule has 0 atom stereocenters. The van der Waals surface area contributed by atoms with E-state index in [4.69, 9.17) is 5.11 Å². The summed E-state index contributed by atoms with van der Waals surface area (Å²) in [5, 5.41) is 9.28. The van der Waals surface area contributed by atoms with E-state index in [9.17, 15) is 9.59 Å². The third kappa shape index (κ3) is 15.0. The molecule has 0 radical (unpaired) electrons. The van der Waals surface area contributed by atoms with Crippen LogP contribution in [0.3, 0.4) is 0 Å². The average Bonchev–Trinajstić information content (AvgIpc) is 2.69. The van der Waals surface area contributed by atoms with Gasteiger partial charge in [-0.05, 0) is 51.2 Å². The van der Waals surface area contributed by atoms with Crippen LogP contribution in [0.5, 0.6) is 0 Å². The number of hydrogen-bond donors (Lipinski definition) is 2. The number of nitrogens with zero attached hydrogens (tertiary/aromatic N) is 1. The molecule has 0 fully saturated rings. The Kier molecular flexibility index (Phi) is 15.2. The highest BCUT2D eigenvalue weighted by Crippen LogP contribution is 2.12. The topological polar surface area (TPSA) is 83.0 Å². The number of thioether (sulfide) groups is 1. The van der Waals surface area contributed by atoms with Crippen LogP contribution >= 0.6 is 11.8 Å². The minimum atomic E-state index is -0.681. The second-order valence-corrected chi connectivity index (χ2v) is 8.37. The fourth-order valence-electron chi connectivity index (χ4n) is 3.29. The Hall–Kier alpha value is -1.56. The number of aryl methyl sites for hydroxylation is 1. The average molecular weight is 423 g/mol. The molecule has 1 aromatic heterocycles. The number of nitrogens with one attached hydrogen (secondary N) is 1. The molecule has 0 amide bonds. The van der Waals surface area contributed by atoms with E-state index >= 15 is 0 Å². The highest BCUT2D eigenvalue weighted by atomic mass is 32.2. The van der Waals surface area contributed by atoms with Crippen molar-refractivity contribution in [3.05, 3.63) is 34.3 Å². The van der Waals surface area contributed by atoms with Gasteiger partial charge in [0.2, 0.25) is 0 Å². The molecule has 0 aliphatic heterocycles. The molecule has 0 aliphatic rings. The minimum Gasteiger partial charge on any atom is -0.481 e. The number of unbranched alkanes of at least 4 members (excludes halogenated alkanes) is 11. The normalized spacial score (nSPS) is 11.3. The number of rotatable bonds is 18. The number of aromatic amines is 1. The van der Waals surface area contributed by atoms with Crippen LogP contribution in [0.25, 0.3) is 0 Å². The van der Waals surface area contributed by atoms with Crippen molar-refractivity contribution in [1.29, 1.82) is 0 Å². The zero-order valence-electron chi connectivity index (χ0n) is 18.0. The molecule has 0 unspecified atom stereocenters. The molecule has 0 bridgehead atoms. The summed E-state index contributed by atoms with van der Waals surface area (Å²) in [6.45, 7) is 0. The van der Waals surface area contributed by atoms with E-state index in [0.29, 0.717) is 11.6 Å². The second-order valence-electron chi connectivity index (χ2n) is 7.58. The molecule has 0 saturated heterocycles. The maximum absolute atomic E-state index is 11.5. The zero-order chi connectivity index (χ0) is 21.2. The lowest BCUT2D eigenvalue weighted by Gasteiger charge is -2.03. The molecule has 164 valence electrons. The zero-order valence-corrected chi connectivity index (χ0v) is 18.8. The second kappa shape index (κ2) is 17.3. The van der Waals surface area contributed by atoms with Crippen LogP contribution in [0.15, 0.2) is 28.2 Å². The predicted octanol–water partition coefficient (Wildman–Crippen LogP) is 6.14. The Morgan fingerprint density at radius 2 is 1.52 bits per heavy atom. The van der Waals surface area contributed by atoms with Crippen molar-refractivity contribution in [2.45, 2.75) is 101 Å². The summed E-state index contributed by atoms with van der Waals surface area (Å²) in [6, 6.07) is 1.62. The lowest BCUT2D eigenvalue weighted by atomic mass is 10.1. The molecule has 0 aromatic carbocycles. The van der Waals surface area contributed by atoms with Gasteiger partial charge >= 0.3 is 5.97 Å². The van der Waals surface area contributed by atoms with Crippen molar-refractivity contribution >= 4 is 17.7 Å².